The highest BCUT2D eigenvalue weighted by Crippen LogP contribution is 2.39. The smallest absolute Gasteiger partial charge is 0.316 e. The lowest BCUT2D eigenvalue weighted by molar-refractivity contribution is -0.140. The van der Waals surface area contributed by atoms with Gasteiger partial charge in [0.2, 0.25) is 0 Å². The Labute approximate surface area is 91.4 Å². The number of fused-ring (bicyclic) bond motifs is 1. The minimum atomic E-state index is -1.54. The summed E-state index contributed by atoms with van der Waals surface area (Å²) >= 11 is 4.32. The van der Waals surface area contributed by atoms with Crippen LogP contribution in [0.15, 0.2) is 9.99 Å². The summed E-state index contributed by atoms with van der Waals surface area (Å²) in [5, 5.41) is 8.87. The van der Waals surface area contributed by atoms with Crippen LogP contribution >= 0.6 is 27.3 Å². The van der Waals surface area contributed by atoms with Crippen molar-refractivity contribution >= 4 is 39.3 Å². The molecule has 1 aliphatic rings. The predicted molar refractivity (Wildman–Crippen MR) is 54.3 cm³/mol. The molecule has 0 saturated heterocycles. The number of hydrogen-bond donors (Lipinski definition) is 1. The monoisotopic (exact) mass is 277 g/mol. The SMILES string of the molecule is O=C(O)C1c2ncsc2C=C(Br)C1F. The highest BCUT2D eigenvalue weighted by molar-refractivity contribution is 9.11. The number of carboxylic acid groups (broad SMARTS) is 1. The number of allylic oxidation sites excluding steroid dienone is 1. The molecule has 0 amide bonds. The van der Waals surface area contributed by atoms with Crippen molar-refractivity contribution in [2.75, 3.05) is 0 Å². The van der Waals surface area contributed by atoms with E-state index in [2.05, 4.69) is 20.9 Å². The summed E-state index contributed by atoms with van der Waals surface area (Å²) in [5.41, 5.74) is 1.84. The molecule has 1 aromatic rings. The number of aromatic nitrogens is 1. The van der Waals surface area contributed by atoms with Crippen LogP contribution < -0.4 is 0 Å². The molecule has 0 radical (unpaired) electrons. The van der Waals surface area contributed by atoms with Crippen LogP contribution in [-0.4, -0.2) is 22.2 Å². The Morgan fingerprint density at radius 1 is 1.71 bits per heavy atom. The van der Waals surface area contributed by atoms with Gasteiger partial charge < -0.3 is 5.11 Å². The van der Waals surface area contributed by atoms with E-state index in [1.54, 1.807) is 6.08 Å². The molecule has 0 aliphatic heterocycles. The Morgan fingerprint density at radius 2 is 2.43 bits per heavy atom. The number of thiazole rings is 1. The third-order valence-electron chi connectivity index (χ3n) is 2.01. The van der Waals surface area contributed by atoms with Gasteiger partial charge in [-0.2, -0.15) is 0 Å². The maximum Gasteiger partial charge on any atom is 0.316 e. The van der Waals surface area contributed by atoms with E-state index in [4.69, 9.17) is 5.11 Å². The molecule has 74 valence electrons. The maximum atomic E-state index is 13.5. The summed E-state index contributed by atoms with van der Waals surface area (Å²) in [4.78, 5) is 15.4. The lowest BCUT2D eigenvalue weighted by Gasteiger charge is -2.19. The molecule has 1 aromatic heterocycles. The summed E-state index contributed by atoms with van der Waals surface area (Å²) in [6.07, 6.45) is 0.0407. The molecule has 1 aliphatic carbocycles. The molecule has 0 saturated carbocycles. The second kappa shape index (κ2) is 3.43. The molecule has 2 atom stereocenters. The summed E-state index contributed by atoms with van der Waals surface area (Å²) in [7, 11) is 0. The second-order valence-corrected chi connectivity index (χ2v) is 4.65. The van der Waals surface area contributed by atoms with Crippen molar-refractivity contribution in [3.8, 4) is 0 Å². The molecule has 3 nitrogen and oxygen atoms in total. The summed E-state index contributed by atoms with van der Waals surface area (Å²) in [6.45, 7) is 0. The van der Waals surface area contributed by atoms with Gasteiger partial charge in [-0.3, -0.25) is 4.79 Å². The van der Waals surface area contributed by atoms with Crippen LogP contribution in [0.3, 0.4) is 0 Å². The van der Waals surface area contributed by atoms with Crippen molar-refractivity contribution in [1.29, 1.82) is 0 Å². The van der Waals surface area contributed by atoms with Crippen LogP contribution in [0.25, 0.3) is 6.08 Å². The fraction of sp³-hybridized carbons (Fsp3) is 0.250. The topological polar surface area (TPSA) is 50.2 Å². The van der Waals surface area contributed by atoms with Crippen molar-refractivity contribution in [2.24, 2.45) is 0 Å². The highest BCUT2D eigenvalue weighted by Gasteiger charge is 2.38. The zero-order valence-electron chi connectivity index (χ0n) is 6.78. The third-order valence-corrected chi connectivity index (χ3v) is 3.47. The van der Waals surface area contributed by atoms with Crippen molar-refractivity contribution < 1.29 is 14.3 Å². The molecule has 6 heteroatoms. The second-order valence-electron chi connectivity index (χ2n) is 2.85. The van der Waals surface area contributed by atoms with Gasteiger partial charge in [0.15, 0.2) is 6.17 Å². The van der Waals surface area contributed by atoms with E-state index in [1.165, 1.54) is 16.8 Å². The standard InChI is InChI=1S/C8H5BrFNO2S/c9-3-1-4-7(11-2-14-4)5(6(3)10)8(12)13/h1-2,5-6H,(H,12,13). The zero-order valence-corrected chi connectivity index (χ0v) is 9.18. The number of carboxylic acids is 1. The molecular weight excluding hydrogens is 273 g/mol. The number of halogens is 2. The summed E-state index contributed by atoms with van der Waals surface area (Å²) < 4.78 is 13.8. The molecule has 0 aromatic carbocycles. The molecule has 0 bridgehead atoms. The van der Waals surface area contributed by atoms with Gasteiger partial charge in [0, 0.05) is 4.48 Å². The Hall–Kier alpha value is -0.750. The number of alkyl halides is 1. The number of aliphatic carboxylic acids is 1. The third kappa shape index (κ3) is 1.38. The lowest BCUT2D eigenvalue weighted by Crippen LogP contribution is -2.26. The van der Waals surface area contributed by atoms with E-state index in [9.17, 15) is 9.18 Å². The van der Waals surface area contributed by atoms with Crippen LogP contribution in [-0.2, 0) is 4.79 Å². The number of nitrogens with zero attached hydrogens (tertiary/aromatic N) is 1. The van der Waals surface area contributed by atoms with E-state index in [1.807, 2.05) is 0 Å². The first-order chi connectivity index (χ1) is 6.61. The van der Waals surface area contributed by atoms with Crippen molar-refractivity contribution in [1.82, 2.24) is 4.98 Å². The molecule has 2 unspecified atom stereocenters. The van der Waals surface area contributed by atoms with E-state index in [-0.39, 0.29) is 4.48 Å². The van der Waals surface area contributed by atoms with Gasteiger partial charge in [0.25, 0.3) is 0 Å². The average Bonchev–Trinajstić information content (AvgIpc) is 2.52. The van der Waals surface area contributed by atoms with Crippen LogP contribution in [0.5, 0.6) is 0 Å². The highest BCUT2D eigenvalue weighted by atomic mass is 79.9. The van der Waals surface area contributed by atoms with E-state index in [0.717, 1.165) is 0 Å². The lowest BCUT2D eigenvalue weighted by atomic mass is 9.94. The number of carbonyl (C=O) groups is 1. The molecule has 14 heavy (non-hydrogen) atoms. The molecule has 1 N–H and O–H groups in total. The zero-order chi connectivity index (χ0) is 10.3. The summed E-state index contributed by atoms with van der Waals surface area (Å²) in [6, 6.07) is 0. The van der Waals surface area contributed by atoms with E-state index < -0.39 is 18.1 Å². The molecule has 1 heterocycles. The Kier molecular flexibility index (Phi) is 2.40. The van der Waals surface area contributed by atoms with Gasteiger partial charge in [-0.1, -0.05) is 15.9 Å². The summed E-state index contributed by atoms with van der Waals surface area (Å²) in [5.74, 6) is -2.37. The molecule has 2 rings (SSSR count). The fourth-order valence-electron chi connectivity index (χ4n) is 1.35. The fourth-order valence-corrected chi connectivity index (χ4v) is 2.77. The minimum absolute atomic E-state index is 0.265. The van der Waals surface area contributed by atoms with E-state index >= 15 is 0 Å². The van der Waals surface area contributed by atoms with Crippen molar-refractivity contribution in [2.45, 2.75) is 12.1 Å². The minimum Gasteiger partial charge on any atom is -0.481 e. The maximum absolute atomic E-state index is 13.5. The normalized spacial score (nSPS) is 25.4. The van der Waals surface area contributed by atoms with E-state index in [0.29, 0.717) is 10.6 Å². The molecular formula is C8H5BrFNO2S. The van der Waals surface area contributed by atoms with Gasteiger partial charge in [0.05, 0.1) is 16.1 Å². The van der Waals surface area contributed by atoms with Gasteiger partial charge in [-0.25, -0.2) is 9.37 Å². The Balaban J connectivity index is 2.54. The first kappa shape index (κ1) is 9.79. The Bertz CT molecular complexity index is 417. The number of hydrogen-bond acceptors (Lipinski definition) is 3. The average molecular weight is 278 g/mol. The van der Waals surface area contributed by atoms with Crippen LogP contribution in [0.4, 0.5) is 4.39 Å². The molecule has 0 spiro atoms. The Morgan fingerprint density at radius 3 is 3.07 bits per heavy atom. The van der Waals surface area contributed by atoms with Crippen LogP contribution in [0.1, 0.15) is 16.5 Å². The van der Waals surface area contributed by atoms with Crippen molar-refractivity contribution in [3.63, 3.8) is 0 Å². The van der Waals surface area contributed by atoms with Crippen LogP contribution in [0.2, 0.25) is 0 Å². The number of rotatable bonds is 1. The van der Waals surface area contributed by atoms with Crippen molar-refractivity contribution in [3.05, 3.63) is 20.6 Å². The van der Waals surface area contributed by atoms with Crippen LogP contribution in [0, 0.1) is 0 Å². The first-order valence-corrected chi connectivity index (χ1v) is 5.46. The first-order valence-electron chi connectivity index (χ1n) is 3.78. The quantitative estimate of drug-likeness (QED) is 0.858. The predicted octanol–water partition coefficient (Wildman–Crippen LogP) is 2.40. The largest absolute Gasteiger partial charge is 0.481 e. The molecule has 0 fully saturated rings. The van der Waals surface area contributed by atoms with Gasteiger partial charge in [-0.05, 0) is 6.08 Å². The van der Waals surface area contributed by atoms with Gasteiger partial charge >= 0.3 is 5.97 Å². The van der Waals surface area contributed by atoms with Gasteiger partial charge in [0.1, 0.15) is 5.92 Å². The van der Waals surface area contributed by atoms with Gasteiger partial charge in [-0.15, -0.1) is 11.3 Å².